The monoisotopic (exact) mass is 382 g/mol. The molecule has 0 bridgehead atoms. The van der Waals surface area contributed by atoms with Crippen LogP contribution in [-0.4, -0.2) is 20.4 Å². The molecular weight excluding hydrogens is 368 g/mol. The number of nitrogens with one attached hydrogen (secondary N) is 1. The third-order valence-corrected chi connectivity index (χ3v) is 5.23. The largest absolute Gasteiger partial charge is 0.338 e. The summed E-state index contributed by atoms with van der Waals surface area (Å²) in [5.41, 5.74) is 4.17. The van der Waals surface area contributed by atoms with E-state index in [4.69, 9.17) is 11.6 Å². The molecule has 7 heteroatoms. The number of rotatable bonds is 4. The summed E-state index contributed by atoms with van der Waals surface area (Å²) in [6, 6.07) is 12.5. The molecule has 1 atom stereocenters. The first kappa shape index (κ1) is 16.8. The zero-order valence-electron chi connectivity index (χ0n) is 13.9. The zero-order valence-corrected chi connectivity index (χ0v) is 15.5. The fourth-order valence-corrected chi connectivity index (χ4v) is 3.66. The molecule has 1 N–H and O–H groups in total. The van der Waals surface area contributed by atoms with Gasteiger partial charge in [-0.1, -0.05) is 23.7 Å². The van der Waals surface area contributed by atoms with Crippen LogP contribution in [0.4, 0.5) is 0 Å². The molecule has 0 aliphatic carbocycles. The molecule has 2 aromatic carbocycles. The Kier molecular flexibility index (Phi) is 4.44. The van der Waals surface area contributed by atoms with Crippen LogP contribution in [0.15, 0.2) is 60.4 Å². The number of amides is 1. The van der Waals surface area contributed by atoms with Crippen molar-refractivity contribution >= 4 is 39.1 Å². The van der Waals surface area contributed by atoms with Crippen molar-refractivity contribution in [1.29, 1.82) is 0 Å². The molecule has 4 aromatic rings. The topological polar surface area (TPSA) is 59.8 Å². The number of fused-ring (bicyclic) bond motifs is 1. The Balaban J connectivity index is 1.68. The fraction of sp³-hybridized carbons (Fsp3) is 0.105. The Morgan fingerprint density at radius 1 is 1.19 bits per heavy atom. The molecule has 0 saturated carbocycles. The van der Waals surface area contributed by atoms with Crippen molar-refractivity contribution in [2.24, 2.45) is 7.05 Å². The van der Waals surface area contributed by atoms with Gasteiger partial charge in [-0.15, -0.1) is 11.3 Å². The lowest BCUT2D eigenvalue weighted by atomic mass is 10.1. The Hall–Kier alpha value is -2.70. The van der Waals surface area contributed by atoms with Crippen molar-refractivity contribution in [2.75, 3.05) is 0 Å². The Bertz CT molecular complexity index is 1070. The normalized spacial score (nSPS) is 12.2. The van der Waals surface area contributed by atoms with E-state index in [-0.39, 0.29) is 11.9 Å². The van der Waals surface area contributed by atoms with Gasteiger partial charge in [0.15, 0.2) is 0 Å². The van der Waals surface area contributed by atoms with E-state index in [0.29, 0.717) is 10.6 Å². The lowest BCUT2D eigenvalue weighted by molar-refractivity contribution is 0.0941. The van der Waals surface area contributed by atoms with E-state index in [1.165, 1.54) is 11.3 Å². The number of hydrogen-bond donors (Lipinski definition) is 1. The van der Waals surface area contributed by atoms with E-state index >= 15 is 0 Å². The summed E-state index contributed by atoms with van der Waals surface area (Å²) >= 11 is 7.52. The van der Waals surface area contributed by atoms with E-state index in [1.54, 1.807) is 17.8 Å². The minimum atomic E-state index is -0.378. The van der Waals surface area contributed by atoms with Crippen LogP contribution >= 0.6 is 22.9 Å². The van der Waals surface area contributed by atoms with Crippen LogP contribution in [0.5, 0.6) is 0 Å². The number of hydrogen-bond acceptors (Lipinski definition) is 4. The molecule has 0 aliphatic heterocycles. The smallest absolute Gasteiger partial charge is 0.252 e. The summed E-state index contributed by atoms with van der Waals surface area (Å²) in [5.74, 6) is 0.586. The van der Waals surface area contributed by atoms with Gasteiger partial charge in [0.2, 0.25) is 0 Å². The lowest BCUT2D eigenvalue weighted by Gasteiger charge is -2.19. The van der Waals surface area contributed by atoms with Gasteiger partial charge >= 0.3 is 0 Å². The van der Waals surface area contributed by atoms with Crippen LogP contribution in [0.25, 0.3) is 10.2 Å². The third-order valence-electron chi connectivity index (χ3n) is 4.19. The van der Waals surface area contributed by atoms with Crippen LogP contribution in [0.3, 0.4) is 0 Å². The zero-order chi connectivity index (χ0) is 18.1. The second-order valence-electron chi connectivity index (χ2n) is 5.89. The maximum Gasteiger partial charge on any atom is 0.252 e. The predicted molar refractivity (Wildman–Crippen MR) is 104 cm³/mol. The number of halogens is 1. The lowest BCUT2D eigenvalue weighted by Crippen LogP contribution is -2.31. The van der Waals surface area contributed by atoms with Gasteiger partial charge in [0.05, 0.1) is 15.7 Å². The van der Waals surface area contributed by atoms with Crippen LogP contribution < -0.4 is 5.32 Å². The van der Waals surface area contributed by atoms with Gasteiger partial charge in [-0.2, -0.15) is 0 Å². The highest BCUT2D eigenvalue weighted by atomic mass is 35.5. The van der Waals surface area contributed by atoms with E-state index < -0.39 is 0 Å². The quantitative estimate of drug-likeness (QED) is 0.575. The summed E-state index contributed by atoms with van der Waals surface area (Å²) in [7, 11) is 1.90. The molecule has 130 valence electrons. The second-order valence-corrected chi connectivity index (χ2v) is 7.21. The van der Waals surface area contributed by atoms with Crippen molar-refractivity contribution in [3.8, 4) is 0 Å². The third kappa shape index (κ3) is 3.21. The molecule has 0 spiro atoms. The van der Waals surface area contributed by atoms with Crippen LogP contribution in [0.2, 0.25) is 5.02 Å². The number of thiazole rings is 1. The minimum Gasteiger partial charge on any atom is -0.338 e. The van der Waals surface area contributed by atoms with E-state index in [2.05, 4.69) is 15.3 Å². The number of nitrogens with zero attached hydrogens (tertiary/aromatic N) is 3. The molecule has 0 fully saturated rings. The van der Waals surface area contributed by atoms with Gasteiger partial charge in [-0.05, 0) is 35.9 Å². The first-order valence-corrected chi connectivity index (χ1v) is 9.24. The highest BCUT2D eigenvalue weighted by Gasteiger charge is 2.21. The number of carbonyl (C=O) groups is 1. The van der Waals surface area contributed by atoms with Crippen LogP contribution in [0.1, 0.15) is 27.8 Å². The number of carbonyl (C=O) groups excluding carboxylic acids is 1. The standard InChI is InChI=1S/C19H15ClN4OS/c1-24-9-8-21-18(24)17(12-2-5-14(20)6-3-12)23-19(25)13-4-7-15-16(10-13)26-11-22-15/h2-11,17H,1H3,(H,23,25)/t17-/m0/s1. The number of imidazole rings is 1. The highest BCUT2D eigenvalue weighted by molar-refractivity contribution is 7.16. The maximum absolute atomic E-state index is 12.9. The van der Waals surface area contributed by atoms with Gasteiger partial charge in [0.1, 0.15) is 11.9 Å². The van der Waals surface area contributed by atoms with Crippen LogP contribution in [-0.2, 0) is 7.05 Å². The Morgan fingerprint density at radius 2 is 2.00 bits per heavy atom. The number of benzene rings is 2. The van der Waals surface area contributed by atoms with Gasteiger partial charge in [0.25, 0.3) is 5.91 Å². The summed E-state index contributed by atoms with van der Waals surface area (Å²) in [5, 5.41) is 3.74. The van der Waals surface area contributed by atoms with Crippen molar-refractivity contribution in [2.45, 2.75) is 6.04 Å². The minimum absolute atomic E-state index is 0.164. The van der Waals surface area contributed by atoms with Crippen molar-refractivity contribution < 1.29 is 4.79 Å². The highest BCUT2D eigenvalue weighted by Crippen LogP contribution is 2.24. The number of aryl methyl sites for hydroxylation is 1. The summed E-state index contributed by atoms with van der Waals surface area (Å²) < 4.78 is 2.88. The average molecular weight is 383 g/mol. The van der Waals surface area contributed by atoms with E-state index in [0.717, 1.165) is 21.6 Å². The fourth-order valence-electron chi connectivity index (χ4n) is 2.82. The van der Waals surface area contributed by atoms with Crippen molar-refractivity contribution in [3.05, 3.63) is 82.3 Å². The van der Waals surface area contributed by atoms with Crippen molar-refractivity contribution in [3.63, 3.8) is 0 Å². The molecule has 0 radical (unpaired) electrons. The van der Waals surface area contributed by atoms with E-state index in [1.807, 2.05) is 54.2 Å². The Labute approximate surface area is 159 Å². The average Bonchev–Trinajstić information content (AvgIpc) is 3.28. The summed E-state index contributed by atoms with van der Waals surface area (Å²) in [4.78, 5) is 21.5. The molecule has 5 nitrogen and oxygen atoms in total. The molecule has 0 aliphatic rings. The summed E-state index contributed by atoms with van der Waals surface area (Å²) in [6.45, 7) is 0. The van der Waals surface area contributed by atoms with E-state index in [9.17, 15) is 4.79 Å². The molecule has 4 rings (SSSR count). The predicted octanol–water partition coefficient (Wildman–Crippen LogP) is 4.20. The van der Waals surface area contributed by atoms with Crippen molar-refractivity contribution in [1.82, 2.24) is 19.9 Å². The first-order chi connectivity index (χ1) is 12.6. The van der Waals surface area contributed by atoms with Gasteiger partial charge in [-0.25, -0.2) is 9.97 Å². The molecular formula is C19H15ClN4OS. The molecule has 2 aromatic heterocycles. The maximum atomic E-state index is 12.9. The molecule has 1 amide bonds. The summed E-state index contributed by atoms with van der Waals surface area (Å²) in [6.07, 6.45) is 3.57. The molecule has 26 heavy (non-hydrogen) atoms. The second kappa shape index (κ2) is 6.90. The molecule has 2 heterocycles. The van der Waals surface area contributed by atoms with Gasteiger partial charge in [0, 0.05) is 30.0 Å². The number of aromatic nitrogens is 3. The SMILES string of the molecule is Cn1ccnc1[C@@H](NC(=O)c1ccc2ncsc2c1)c1ccc(Cl)cc1. The molecule has 0 saturated heterocycles. The van der Waals surface area contributed by atoms with Gasteiger partial charge < -0.3 is 9.88 Å². The Morgan fingerprint density at radius 3 is 2.73 bits per heavy atom. The van der Waals surface area contributed by atoms with Crippen LogP contribution in [0, 0.1) is 0 Å². The molecule has 0 unspecified atom stereocenters. The van der Waals surface area contributed by atoms with Gasteiger partial charge in [-0.3, -0.25) is 4.79 Å². The first-order valence-electron chi connectivity index (χ1n) is 7.98.